The lowest BCUT2D eigenvalue weighted by Crippen LogP contribution is -2.44. The molecule has 9 heteroatoms. The number of esters is 2. The smallest absolute Gasteiger partial charge is 0.306 e. The maximum absolute atomic E-state index is 12.8. The predicted octanol–water partition coefficient (Wildman–Crippen LogP) is 14.3. The van der Waals surface area contributed by atoms with Crippen molar-refractivity contribution in [3.8, 4) is 0 Å². The maximum Gasteiger partial charge on any atom is 0.306 e. The van der Waals surface area contributed by atoms with E-state index in [2.05, 4.69) is 13.8 Å². The minimum Gasteiger partial charge on any atom is -0.545 e. The Labute approximate surface area is 396 Å². The summed E-state index contributed by atoms with van der Waals surface area (Å²) in [4.78, 5) is 37.0. The molecule has 0 N–H and O–H groups in total. The van der Waals surface area contributed by atoms with Gasteiger partial charge in [0, 0.05) is 12.8 Å². The first-order chi connectivity index (χ1) is 31.1. The van der Waals surface area contributed by atoms with Crippen molar-refractivity contribution in [3.05, 3.63) is 0 Å². The van der Waals surface area contributed by atoms with E-state index in [1.54, 1.807) is 0 Å². The number of ether oxygens (including phenoxy) is 4. The lowest BCUT2D eigenvalue weighted by Gasteiger charge is -2.26. The third kappa shape index (κ3) is 48.2. The Morgan fingerprint density at radius 3 is 1.00 bits per heavy atom. The summed E-state index contributed by atoms with van der Waals surface area (Å²) in [6.45, 7) is 4.78. The van der Waals surface area contributed by atoms with Gasteiger partial charge in [-0.25, -0.2) is 0 Å². The molecule has 0 aromatic rings. The topological polar surface area (TPSA) is 111 Å². The number of hydrogen-bond acceptors (Lipinski definition) is 8. The third-order valence-corrected chi connectivity index (χ3v) is 12.6. The molecular formula is C55H107NO8. The molecule has 64 heavy (non-hydrogen) atoms. The second-order valence-electron chi connectivity index (χ2n) is 20.2. The SMILES string of the molecule is CCCCCCCCCCCCCCCCCCCCCCCCCCCCCCCC(=O)OC(COC(=O)CCCCCCCCCCCC)COC(OCC[N+](C)(C)C)C(=O)[O-]. The zero-order valence-corrected chi connectivity index (χ0v) is 43.2. The van der Waals surface area contributed by atoms with Crippen LogP contribution in [-0.4, -0.2) is 82.3 Å². The zero-order valence-electron chi connectivity index (χ0n) is 43.2. The molecule has 2 atom stereocenters. The molecule has 0 spiro atoms. The number of nitrogens with zero attached hydrogens (tertiary/aromatic N) is 1. The molecule has 0 saturated carbocycles. The Morgan fingerprint density at radius 1 is 0.406 bits per heavy atom. The summed E-state index contributed by atoms with van der Waals surface area (Å²) >= 11 is 0. The molecule has 0 rings (SSSR count). The van der Waals surface area contributed by atoms with Crippen LogP contribution in [0.3, 0.4) is 0 Å². The standard InChI is InChI=1S/C55H107NO8/c1-6-8-10-12-14-16-18-19-20-21-22-23-24-25-26-27-28-29-30-31-32-33-34-35-36-38-40-42-44-46-53(58)64-51(50-63-55(54(59)60)61-48-47-56(3,4)5)49-62-52(57)45-43-41-39-37-17-15-13-11-9-7-2/h51,55H,6-50H2,1-5H3. The zero-order chi connectivity index (χ0) is 47.0. The Morgan fingerprint density at radius 2 is 0.703 bits per heavy atom. The molecule has 9 nitrogen and oxygen atoms in total. The van der Waals surface area contributed by atoms with Crippen LogP contribution in [0, 0.1) is 0 Å². The van der Waals surface area contributed by atoms with Crippen molar-refractivity contribution in [3.63, 3.8) is 0 Å². The number of likely N-dealkylation sites (N-methyl/N-ethyl adjacent to an activating group) is 1. The van der Waals surface area contributed by atoms with Crippen LogP contribution >= 0.6 is 0 Å². The molecule has 0 aliphatic rings. The summed E-state index contributed by atoms with van der Waals surface area (Å²) < 4.78 is 22.6. The Hall–Kier alpha value is -1.71. The van der Waals surface area contributed by atoms with Gasteiger partial charge in [-0.05, 0) is 12.8 Å². The van der Waals surface area contributed by atoms with Gasteiger partial charge in [0.1, 0.15) is 13.2 Å². The van der Waals surface area contributed by atoms with Crippen LogP contribution in [0.4, 0.5) is 0 Å². The number of hydrogen-bond donors (Lipinski definition) is 0. The highest BCUT2D eigenvalue weighted by Gasteiger charge is 2.22. The molecule has 0 aromatic heterocycles. The molecule has 0 bridgehead atoms. The van der Waals surface area contributed by atoms with E-state index in [0.29, 0.717) is 17.4 Å². The highest BCUT2D eigenvalue weighted by atomic mass is 16.7. The average molecular weight is 910 g/mol. The van der Waals surface area contributed by atoms with Crippen LogP contribution in [-0.2, 0) is 33.3 Å². The second-order valence-corrected chi connectivity index (χ2v) is 20.2. The van der Waals surface area contributed by atoms with Crippen LogP contribution in [0.5, 0.6) is 0 Å². The minimum atomic E-state index is -1.61. The summed E-state index contributed by atoms with van der Waals surface area (Å²) in [6.07, 6.45) is 48.9. The van der Waals surface area contributed by atoms with Gasteiger partial charge in [-0.3, -0.25) is 9.59 Å². The van der Waals surface area contributed by atoms with Gasteiger partial charge in [-0.1, -0.05) is 251 Å². The van der Waals surface area contributed by atoms with E-state index in [0.717, 1.165) is 38.5 Å². The fourth-order valence-corrected chi connectivity index (χ4v) is 8.30. The van der Waals surface area contributed by atoms with Crippen molar-refractivity contribution in [2.75, 3.05) is 47.5 Å². The molecule has 0 amide bonds. The Balaban J connectivity index is 4.04. The maximum atomic E-state index is 12.8. The Kier molecular flexibility index (Phi) is 46.5. The predicted molar refractivity (Wildman–Crippen MR) is 265 cm³/mol. The fourth-order valence-electron chi connectivity index (χ4n) is 8.30. The van der Waals surface area contributed by atoms with Crippen molar-refractivity contribution in [1.29, 1.82) is 0 Å². The van der Waals surface area contributed by atoms with Crippen LogP contribution in [0.2, 0.25) is 0 Å². The molecule has 0 aliphatic heterocycles. The summed E-state index contributed by atoms with van der Waals surface area (Å²) in [6, 6.07) is 0. The fraction of sp³-hybridized carbons (Fsp3) is 0.945. The molecule has 0 radical (unpaired) electrons. The summed E-state index contributed by atoms with van der Waals surface area (Å²) in [7, 11) is 5.92. The van der Waals surface area contributed by atoms with E-state index in [4.69, 9.17) is 18.9 Å². The van der Waals surface area contributed by atoms with E-state index < -0.39 is 24.3 Å². The van der Waals surface area contributed by atoms with E-state index in [1.807, 2.05) is 21.1 Å². The first kappa shape index (κ1) is 62.3. The van der Waals surface area contributed by atoms with Crippen LogP contribution < -0.4 is 5.11 Å². The van der Waals surface area contributed by atoms with Crippen LogP contribution in [0.25, 0.3) is 0 Å². The number of carboxylic acids is 1. The van der Waals surface area contributed by atoms with Gasteiger partial charge in [0.2, 0.25) is 0 Å². The number of unbranched alkanes of at least 4 members (excludes halogenated alkanes) is 37. The van der Waals surface area contributed by atoms with Crippen LogP contribution in [0.1, 0.15) is 277 Å². The number of carbonyl (C=O) groups excluding carboxylic acids is 3. The van der Waals surface area contributed by atoms with Crippen molar-refractivity contribution in [2.24, 2.45) is 0 Å². The molecular weight excluding hydrogens is 803 g/mol. The third-order valence-electron chi connectivity index (χ3n) is 12.6. The molecule has 0 fully saturated rings. The van der Waals surface area contributed by atoms with Gasteiger partial charge < -0.3 is 33.3 Å². The van der Waals surface area contributed by atoms with Gasteiger partial charge in [0.25, 0.3) is 0 Å². The highest BCUT2D eigenvalue weighted by molar-refractivity contribution is 5.70. The summed E-state index contributed by atoms with van der Waals surface area (Å²) in [5.41, 5.74) is 0. The first-order valence-corrected chi connectivity index (χ1v) is 27.7. The molecule has 0 heterocycles. The van der Waals surface area contributed by atoms with Gasteiger partial charge in [-0.15, -0.1) is 0 Å². The number of carbonyl (C=O) groups is 3. The van der Waals surface area contributed by atoms with Crippen LogP contribution in [0.15, 0.2) is 0 Å². The van der Waals surface area contributed by atoms with E-state index in [-0.39, 0.29) is 32.2 Å². The monoisotopic (exact) mass is 910 g/mol. The first-order valence-electron chi connectivity index (χ1n) is 27.7. The molecule has 0 saturated heterocycles. The quantitative estimate of drug-likeness (QED) is 0.0257. The Bertz CT molecular complexity index is 1020. The average Bonchev–Trinajstić information content (AvgIpc) is 3.26. The van der Waals surface area contributed by atoms with Gasteiger partial charge in [0.15, 0.2) is 12.4 Å². The van der Waals surface area contributed by atoms with Crippen molar-refractivity contribution < 1.29 is 42.9 Å². The molecule has 380 valence electrons. The molecule has 0 aliphatic carbocycles. The van der Waals surface area contributed by atoms with Gasteiger partial charge in [-0.2, -0.15) is 0 Å². The van der Waals surface area contributed by atoms with Gasteiger partial charge >= 0.3 is 11.9 Å². The molecule has 0 aromatic carbocycles. The lowest BCUT2D eigenvalue weighted by molar-refractivity contribution is -0.870. The summed E-state index contributed by atoms with van der Waals surface area (Å²) in [5, 5.41) is 11.7. The minimum absolute atomic E-state index is 0.153. The van der Waals surface area contributed by atoms with Crippen molar-refractivity contribution >= 4 is 17.9 Å². The van der Waals surface area contributed by atoms with E-state index >= 15 is 0 Å². The van der Waals surface area contributed by atoms with E-state index in [1.165, 1.54) is 212 Å². The number of rotatable bonds is 52. The number of aliphatic carboxylic acids is 1. The van der Waals surface area contributed by atoms with Crippen molar-refractivity contribution in [2.45, 2.75) is 289 Å². The van der Waals surface area contributed by atoms with Crippen molar-refractivity contribution in [1.82, 2.24) is 0 Å². The highest BCUT2D eigenvalue weighted by Crippen LogP contribution is 2.18. The normalized spacial score (nSPS) is 12.7. The lowest BCUT2D eigenvalue weighted by atomic mass is 10.0. The van der Waals surface area contributed by atoms with Gasteiger partial charge in [0.05, 0.1) is 40.3 Å². The largest absolute Gasteiger partial charge is 0.545 e. The number of quaternary nitrogens is 1. The second kappa shape index (κ2) is 47.8. The summed E-state index contributed by atoms with van der Waals surface area (Å²) in [5.74, 6) is -2.26. The van der Waals surface area contributed by atoms with E-state index in [9.17, 15) is 19.5 Å². The number of carboxylic acid groups (broad SMARTS) is 1. The molecule has 2 unspecified atom stereocenters.